The molecule has 0 bridgehead atoms. The smallest absolute Gasteiger partial charge is 0.244 e. The molecule has 0 aliphatic carbocycles. The van der Waals surface area contributed by atoms with Crippen LogP contribution in [-0.2, 0) is 0 Å². The predicted molar refractivity (Wildman–Crippen MR) is 57.1 cm³/mol. The zero-order valence-electron chi connectivity index (χ0n) is 8.83. The van der Waals surface area contributed by atoms with Crippen molar-refractivity contribution in [1.82, 2.24) is 0 Å². The largest absolute Gasteiger partial charge is 0.381 e. The maximum atomic E-state index is 9.70. The van der Waals surface area contributed by atoms with Crippen molar-refractivity contribution in [1.29, 1.82) is 0 Å². The first-order valence-corrected chi connectivity index (χ1v) is 4.65. The summed E-state index contributed by atoms with van der Waals surface area (Å²) < 4.78 is 0. The van der Waals surface area contributed by atoms with Crippen LogP contribution in [-0.4, -0.2) is 11.7 Å². The lowest BCUT2D eigenvalue weighted by atomic mass is 9.97. The maximum absolute atomic E-state index is 9.70. The summed E-state index contributed by atoms with van der Waals surface area (Å²) in [6, 6.07) is 4.03. The van der Waals surface area contributed by atoms with Crippen molar-refractivity contribution in [3.63, 3.8) is 0 Å². The van der Waals surface area contributed by atoms with E-state index in [2.05, 4.69) is 10.9 Å². The zero-order chi connectivity index (χ0) is 10.7. The Morgan fingerprint density at radius 1 is 1.21 bits per heavy atom. The van der Waals surface area contributed by atoms with Gasteiger partial charge in [0.2, 0.25) is 6.54 Å². The number of rotatable bonds is 2. The van der Waals surface area contributed by atoms with Crippen LogP contribution < -0.4 is 0 Å². The van der Waals surface area contributed by atoms with Gasteiger partial charge in [-0.05, 0) is 43.0 Å². The van der Waals surface area contributed by atoms with Crippen molar-refractivity contribution < 1.29 is 5.11 Å². The quantitative estimate of drug-likeness (QED) is 0.710. The molecule has 0 spiro atoms. The summed E-state index contributed by atoms with van der Waals surface area (Å²) >= 11 is 0. The Kier molecular flexibility index (Phi) is 3.27. The van der Waals surface area contributed by atoms with Crippen LogP contribution in [0.15, 0.2) is 12.1 Å². The van der Waals surface area contributed by atoms with Crippen molar-refractivity contribution in [3.05, 3.63) is 45.8 Å². The van der Waals surface area contributed by atoms with Gasteiger partial charge in [-0.2, -0.15) is 0 Å². The van der Waals surface area contributed by atoms with E-state index in [1.165, 1.54) is 5.56 Å². The predicted octanol–water partition coefficient (Wildman–Crippen LogP) is 2.56. The third kappa shape index (κ3) is 2.12. The van der Waals surface area contributed by atoms with Crippen LogP contribution in [0.4, 0.5) is 0 Å². The molecule has 1 aromatic carbocycles. The molecule has 0 fully saturated rings. The number of nitrogens with zero attached hydrogens (tertiary/aromatic N) is 1. The van der Waals surface area contributed by atoms with Gasteiger partial charge in [-0.15, -0.1) is 0 Å². The Bertz CT molecular complexity index is 377. The molecular formula is C12H15NO. The minimum Gasteiger partial charge on any atom is -0.381 e. The van der Waals surface area contributed by atoms with Crippen LogP contribution >= 0.6 is 0 Å². The van der Waals surface area contributed by atoms with E-state index in [1.54, 1.807) is 0 Å². The highest BCUT2D eigenvalue weighted by atomic mass is 16.3. The molecule has 74 valence electrons. The first-order valence-electron chi connectivity index (χ1n) is 4.65. The number of aliphatic hydroxyl groups is 1. The summed E-state index contributed by atoms with van der Waals surface area (Å²) in [5, 5.41) is 9.70. The number of aryl methyl sites for hydroxylation is 3. The second-order valence-electron chi connectivity index (χ2n) is 3.65. The highest BCUT2D eigenvalue weighted by Crippen LogP contribution is 2.21. The van der Waals surface area contributed by atoms with E-state index < -0.39 is 6.10 Å². The van der Waals surface area contributed by atoms with Gasteiger partial charge in [0.1, 0.15) is 0 Å². The molecule has 0 amide bonds. The van der Waals surface area contributed by atoms with E-state index >= 15 is 0 Å². The normalized spacial score (nSPS) is 12.2. The average Bonchev–Trinajstić information content (AvgIpc) is 2.11. The van der Waals surface area contributed by atoms with Crippen LogP contribution in [0.1, 0.15) is 28.4 Å². The third-order valence-corrected chi connectivity index (χ3v) is 2.51. The Morgan fingerprint density at radius 2 is 1.79 bits per heavy atom. The average molecular weight is 189 g/mol. The van der Waals surface area contributed by atoms with E-state index in [1.807, 2.05) is 26.8 Å². The van der Waals surface area contributed by atoms with Crippen LogP contribution in [0.25, 0.3) is 4.85 Å². The van der Waals surface area contributed by atoms with Gasteiger partial charge < -0.3 is 9.95 Å². The van der Waals surface area contributed by atoms with Gasteiger partial charge in [-0.25, -0.2) is 6.57 Å². The lowest BCUT2D eigenvalue weighted by Crippen LogP contribution is -2.03. The Hall–Kier alpha value is -1.33. The summed E-state index contributed by atoms with van der Waals surface area (Å²) in [6.07, 6.45) is -0.646. The third-order valence-electron chi connectivity index (χ3n) is 2.51. The lowest BCUT2D eigenvalue weighted by Gasteiger charge is -2.11. The molecule has 1 N–H and O–H groups in total. The topological polar surface area (TPSA) is 24.6 Å². The van der Waals surface area contributed by atoms with Crippen molar-refractivity contribution >= 4 is 0 Å². The molecule has 1 atom stereocenters. The molecule has 0 radical (unpaired) electrons. The molecule has 2 nitrogen and oxygen atoms in total. The van der Waals surface area contributed by atoms with Gasteiger partial charge >= 0.3 is 0 Å². The highest BCUT2D eigenvalue weighted by Gasteiger charge is 2.13. The molecular weight excluding hydrogens is 174 g/mol. The molecule has 1 rings (SSSR count). The molecule has 1 aromatic rings. The van der Waals surface area contributed by atoms with Gasteiger partial charge in [0.15, 0.2) is 6.10 Å². The second-order valence-corrected chi connectivity index (χ2v) is 3.65. The standard InChI is InChI=1S/C12H15NO/c1-8-5-10(3)11(6-9(8)2)12(14)7-13-4/h5-6,12,14H,7H2,1-3H3. The fourth-order valence-corrected chi connectivity index (χ4v) is 1.53. The Morgan fingerprint density at radius 3 is 2.36 bits per heavy atom. The molecule has 1 unspecified atom stereocenters. The molecule has 0 heterocycles. The van der Waals surface area contributed by atoms with E-state index in [4.69, 9.17) is 6.57 Å². The van der Waals surface area contributed by atoms with Crippen molar-refractivity contribution in [3.8, 4) is 0 Å². The van der Waals surface area contributed by atoms with Gasteiger partial charge in [-0.3, -0.25) is 0 Å². The van der Waals surface area contributed by atoms with Gasteiger partial charge in [0, 0.05) is 0 Å². The minimum absolute atomic E-state index is 0.142. The van der Waals surface area contributed by atoms with E-state index in [0.29, 0.717) is 0 Å². The number of aliphatic hydroxyl groups excluding tert-OH is 1. The van der Waals surface area contributed by atoms with Crippen LogP contribution in [0.5, 0.6) is 0 Å². The summed E-state index contributed by atoms with van der Waals surface area (Å²) in [4.78, 5) is 3.21. The Balaban J connectivity index is 3.10. The Labute approximate surface area is 85.0 Å². The van der Waals surface area contributed by atoms with Gasteiger partial charge in [0.05, 0.1) is 0 Å². The van der Waals surface area contributed by atoms with E-state index in [9.17, 15) is 5.11 Å². The van der Waals surface area contributed by atoms with E-state index in [0.717, 1.165) is 16.7 Å². The summed E-state index contributed by atoms with van der Waals surface area (Å²) in [5.41, 5.74) is 4.32. The molecule has 0 saturated heterocycles. The molecule has 0 aromatic heterocycles. The van der Waals surface area contributed by atoms with Crippen LogP contribution in [0.3, 0.4) is 0 Å². The molecule has 14 heavy (non-hydrogen) atoms. The van der Waals surface area contributed by atoms with Gasteiger partial charge in [-0.1, -0.05) is 12.1 Å². The number of benzene rings is 1. The van der Waals surface area contributed by atoms with Crippen LogP contribution in [0.2, 0.25) is 0 Å². The molecule has 0 aliphatic heterocycles. The first-order chi connectivity index (χ1) is 6.56. The van der Waals surface area contributed by atoms with Crippen molar-refractivity contribution in [2.45, 2.75) is 26.9 Å². The first kappa shape index (κ1) is 10.7. The number of hydrogen-bond donors (Lipinski definition) is 1. The van der Waals surface area contributed by atoms with Crippen LogP contribution in [0, 0.1) is 27.3 Å². The maximum Gasteiger partial charge on any atom is 0.244 e. The second kappa shape index (κ2) is 4.26. The summed E-state index contributed by atoms with van der Waals surface area (Å²) in [6.45, 7) is 12.9. The summed E-state index contributed by atoms with van der Waals surface area (Å²) in [7, 11) is 0. The number of hydrogen-bond acceptors (Lipinski definition) is 1. The van der Waals surface area contributed by atoms with Gasteiger partial charge in [0.25, 0.3) is 0 Å². The fraction of sp³-hybridized carbons (Fsp3) is 0.417. The minimum atomic E-state index is -0.646. The zero-order valence-corrected chi connectivity index (χ0v) is 8.83. The molecule has 0 saturated carbocycles. The molecule has 2 heteroatoms. The van der Waals surface area contributed by atoms with E-state index in [-0.39, 0.29) is 6.54 Å². The highest BCUT2D eigenvalue weighted by molar-refractivity contribution is 5.37. The van der Waals surface area contributed by atoms with Crippen molar-refractivity contribution in [2.24, 2.45) is 0 Å². The molecule has 0 aliphatic rings. The summed E-state index contributed by atoms with van der Waals surface area (Å²) in [5.74, 6) is 0. The lowest BCUT2D eigenvalue weighted by molar-refractivity contribution is 0.194. The monoisotopic (exact) mass is 189 g/mol. The fourth-order valence-electron chi connectivity index (χ4n) is 1.53. The SMILES string of the molecule is [C-]#[N+]CC(O)c1cc(C)c(C)cc1C. The van der Waals surface area contributed by atoms with Crippen molar-refractivity contribution in [2.75, 3.05) is 6.54 Å².